The molecule has 1 saturated carbocycles. The van der Waals surface area contributed by atoms with Crippen LogP contribution >= 0.6 is 11.3 Å². The summed E-state index contributed by atoms with van der Waals surface area (Å²) in [5, 5.41) is 7.74. The fraction of sp³-hybridized carbons (Fsp3) is 0.722. The van der Waals surface area contributed by atoms with Crippen LogP contribution in [-0.4, -0.2) is 29.9 Å². The van der Waals surface area contributed by atoms with Crippen LogP contribution in [0.3, 0.4) is 0 Å². The molecule has 1 aromatic rings. The second kappa shape index (κ2) is 6.32. The van der Waals surface area contributed by atoms with Crippen LogP contribution in [0.1, 0.15) is 45.6 Å². The minimum absolute atomic E-state index is 0.109. The van der Waals surface area contributed by atoms with Gasteiger partial charge in [0.2, 0.25) is 5.91 Å². The number of carbonyl (C=O) groups excluding carboxylic acids is 1. The van der Waals surface area contributed by atoms with E-state index in [9.17, 15) is 4.79 Å². The van der Waals surface area contributed by atoms with E-state index in [0.717, 1.165) is 19.6 Å². The molecule has 0 radical (unpaired) electrons. The van der Waals surface area contributed by atoms with E-state index in [1.54, 1.807) is 11.3 Å². The third kappa shape index (κ3) is 3.09. The Morgan fingerprint density at radius 3 is 2.73 bits per heavy atom. The molecule has 0 bridgehead atoms. The molecule has 1 aliphatic heterocycles. The number of hydrogen-bond donors (Lipinski definition) is 1. The van der Waals surface area contributed by atoms with Crippen LogP contribution < -0.4 is 5.32 Å². The molecule has 2 unspecified atom stereocenters. The predicted molar refractivity (Wildman–Crippen MR) is 91.8 cm³/mol. The summed E-state index contributed by atoms with van der Waals surface area (Å²) in [5.74, 6) is 0.861. The maximum Gasteiger partial charge on any atom is 0.226 e. The Hall–Kier alpha value is -0.870. The van der Waals surface area contributed by atoms with Gasteiger partial charge in [-0.25, -0.2) is 0 Å². The molecule has 2 atom stereocenters. The Bertz CT molecular complexity index is 505. The SMILES string of the molecule is CC(C)C(C)C(=O)N(Cc1ccsc1)C1CC12CCNCC2. The first kappa shape index (κ1) is 16.0. The second-order valence-corrected chi connectivity index (χ2v) is 8.24. The molecule has 2 heterocycles. The summed E-state index contributed by atoms with van der Waals surface area (Å²) in [6.45, 7) is 9.40. The number of piperidine rings is 1. The molecule has 0 aromatic carbocycles. The lowest BCUT2D eigenvalue weighted by molar-refractivity contribution is -0.138. The van der Waals surface area contributed by atoms with Crippen molar-refractivity contribution < 1.29 is 4.79 Å². The van der Waals surface area contributed by atoms with Crippen molar-refractivity contribution in [3.63, 3.8) is 0 Å². The second-order valence-electron chi connectivity index (χ2n) is 7.46. The normalized spacial score (nSPS) is 24.5. The summed E-state index contributed by atoms with van der Waals surface area (Å²) in [4.78, 5) is 15.2. The average molecular weight is 321 g/mol. The van der Waals surface area contributed by atoms with Crippen molar-refractivity contribution in [2.24, 2.45) is 17.3 Å². The number of thiophene rings is 1. The van der Waals surface area contributed by atoms with Crippen LogP contribution in [0.4, 0.5) is 0 Å². The van der Waals surface area contributed by atoms with E-state index in [-0.39, 0.29) is 5.92 Å². The average Bonchev–Trinajstić information content (AvgIpc) is 2.96. The number of amides is 1. The zero-order valence-corrected chi connectivity index (χ0v) is 14.8. The summed E-state index contributed by atoms with van der Waals surface area (Å²) in [7, 11) is 0. The zero-order valence-electron chi connectivity index (χ0n) is 14.0. The monoisotopic (exact) mass is 320 g/mol. The number of nitrogens with one attached hydrogen (secondary N) is 1. The molecule has 1 aliphatic carbocycles. The van der Waals surface area contributed by atoms with Gasteiger partial charge in [-0.1, -0.05) is 20.8 Å². The Labute approximate surface area is 138 Å². The van der Waals surface area contributed by atoms with E-state index in [0.29, 0.717) is 23.3 Å². The zero-order chi connectivity index (χ0) is 15.7. The van der Waals surface area contributed by atoms with Gasteiger partial charge in [0.15, 0.2) is 0 Å². The van der Waals surface area contributed by atoms with Crippen molar-refractivity contribution in [3.8, 4) is 0 Å². The maximum absolute atomic E-state index is 13.0. The van der Waals surface area contributed by atoms with Gasteiger partial charge >= 0.3 is 0 Å². The Morgan fingerprint density at radius 2 is 2.14 bits per heavy atom. The Balaban J connectivity index is 1.76. The molecule has 1 N–H and O–H groups in total. The Morgan fingerprint density at radius 1 is 1.41 bits per heavy atom. The molecule has 1 saturated heterocycles. The predicted octanol–water partition coefficient (Wildman–Crippen LogP) is 3.51. The Kier molecular flexibility index (Phi) is 4.60. The molecule has 2 fully saturated rings. The first-order valence-electron chi connectivity index (χ1n) is 8.56. The number of nitrogens with zero attached hydrogens (tertiary/aromatic N) is 1. The van der Waals surface area contributed by atoms with Crippen molar-refractivity contribution >= 4 is 17.2 Å². The van der Waals surface area contributed by atoms with Gasteiger partial charge in [-0.2, -0.15) is 11.3 Å². The molecule has 2 aliphatic rings. The molecular formula is C18H28N2OS. The number of hydrogen-bond acceptors (Lipinski definition) is 3. The molecule has 22 heavy (non-hydrogen) atoms. The minimum Gasteiger partial charge on any atom is -0.335 e. The maximum atomic E-state index is 13.0. The van der Waals surface area contributed by atoms with Crippen molar-refractivity contribution in [2.75, 3.05) is 13.1 Å². The highest BCUT2D eigenvalue weighted by Gasteiger charge is 2.58. The van der Waals surface area contributed by atoms with Crippen molar-refractivity contribution in [3.05, 3.63) is 22.4 Å². The number of carbonyl (C=O) groups is 1. The molecule has 1 amide bonds. The quantitative estimate of drug-likeness (QED) is 0.900. The van der Waals surface area contributed by atoms with Crippen LogP contribution in [0.25, 0.3) is 0 Å². The van der Waals surface area contributed by atoms with Gasteiger partial charge in [0.05, 0.1) is 0 Å². The van der Waals surface area contributed by atoms with Crippen LogP contribution in [0.15, 0.2) is 16.8 Å². The molecule has 3 rings (SSSR count). The summed E-state index contributed by atoms with van der Waals surface area (Å²) in [6.07, 6.45) is 3.65. The first-order chi connectivity index (χ1) is 10.5. The third-order valence-electron chi connectivity index (χ3n) is 5.73. The van der Waals surface area contributed by atoms with Crippen LogP contribution in [-0.2, 0) is 11.3 Å². The van der Waals surface area contributed by atoms with Crippen LogP contribution in [0, 0.1) is 17.3 Å². The lowest BCUT2D eigenvalue weighted by Gasteiger charge is -2.32. The van der Waals surface area contributed by atoms with Crippen LogP contribution in [0.5, 0.6) is 0 Å². The van der Waals surface area contributed by atoms with Gasteiger partial charge < -0.3 is 10.2 Å². The summed E-state index contributed by atoms with van der Waals surface area (Å²) < 4.78 is 0. The third-order valence-corrected chi connectivity index (χ3v) is 6.46. The van der Waals surface area contributed by atoms with Crippen LogP contribution in [0.2, 0.25) is 0 Å². The number of rotatable bonds is 5. The van der Waals surface area contributed by atoms with Gasteiger partial charge in [-0.15, -0.1) is 0 Å². The van der Waals surface area contributed by atoms with Gasteiger partial charge in [-0.3, -0.25) is 4.79 Å². The van der Waals surface area contributed by atoms with Gasteiger partial charge in [0.1, 0.15) is 0 Å². The van der Waals surface area contributed by atoms with Gasteiger partial charge in [-0.05, 0) is 66.1 Å². The molecule has 1 aromatic heterocycles. The smallest absolute Gasteiger partial charge is 0.226 e. The van der Waals surface area contributed by atoms with Crippen molar-refractivity contribution in [2.45, 2.75) is 52.6 Å². The largest absolute Gasteiger partial charge is 0.335 e. The van der Waals surface area contributed by atoms with E-state index >= 15 is 0 Å². The minimum atomic E-state index is 0.109. The highest BCUT2D eigenvalue weighted by molar-refractivity contribution is 7.07. The summed E-state index contributed by atoms with van der Waals surface area (Å²) in [6, 6.07) is 2.62. The topological polar surface area (TPSA) is 32.3 Å². The fourth-order valence-corrected chi connectivity index (χ4v) is 4.36. The van der Waals surface area contributed by atoms with E-state index in [2.05, 4.69) is 47.8 Å². The fourth-order valence-electron chi connectivity index (χ4n) is 3.70. The highest BCUT2D eigenvalue weighted by atomic mass is 32.1. The van der Waals surface area contributed by atoms with E-state index in [1.807, 2.05) is 0 Å². The van der Waals surface area contributed by atoms with E-state index in [1.165, 1.54) is 24.8 Å². The van der Waals surface area contributed by atoms with Crippen molar-refractivity contribution in [1.82, 2.24) is 10.2 Å². The molecule has 1 spiro atoms. The first-order valence-corrected chi connectivity index (χ1v) is 9.50. The lowest BCUT2D eigenvalue weighted by atomic mass is 9.92. The standard InChI is InChI=1S/C18H28N2OS/c1-13(2)14(3)17(21)20(11-15-4-9-22-12-15)16-10-18(16)5-7-19-8-6-18/h4,9,12-14,16,19H,5-8,10-11H2,1-3H3. The molecular weight excluding hydrogens is 292 g/mol. The van der Waals surface area contributed by atoms with E-state index in [4.69, 9.17) is 0 Å². The lowest BCUT2D eigenvalue weighted by Crippen LogP contribution is -2.42. The highest BCUT2D eigenvalue weighted by Crippen LogP contribution is 2.56. The van der Waals surface area contributed by atoms with Gasteiger partial charge in [0.25, 0.3) is 0 Å². The molecule has 3 nitrogen and oxygen atoms in total. The van der Waals surface area contributed by atoms with E-state index < -0.39 is 0 Å². The summed E-state index contributed by atoms with van der Waals surface area (Å²) >= 11 is 1.72. The molecule has 122 valence electrons. The van der Waals surface area contributed by atoms with Crippen molar-refractivity contribution in [1.29, 1.82) is 0 Å². The molecule has 4 heteroatoms. The summed E-state index contributed by atoms with van der Waals surface area (Å²) in [5.41, 5.74) is 1.69. The van der Waals surface area contributed by atoms with Gasteiger partial charge in [0, 0.05) is 18.5 Å².